The van der Waals surface area contributed by atoms with E-state index in [4.69, 9.17) is 4.52 Å². The van der Waals surface area contributed by atoms with Gasteiger partial charge in [-0.15, -0.1) is 0 Å². The number of pyridine rings is 1. The Balaban J connectivity index is 1.49. The molecule has 2 N–H and O–H groups in total. The Morgan fingerprint density at radius 3 is 2.43 bits per heavy atom. The van der Waals surface area contributed by atoms with Crippen LogP contribution >= 0.6 is 0 Å². The molecule has 0 bridgehead atoms. The van der Waals surface area contributed by atoms with Gasteiger partial charge in [-0.1, -0.05) is 29.4 Å². The number of nitrogens with one attached hydrogen (secondary N) is 2. The van der Waals surface area contributed by atoms with E-state index in [0.717, 1.165) is 17.7 Å². The van der Waals surface area contributed by atoms with Crippen LogP contribution in [-0.2, 0) is 6.42 Å². The maximum absolute atomic E-state index is 13.7. The Labute approximate surface area is 169 Å². The van der Waals surface area contributed by atoms with Gasteiger partial charge >= 0.3 is 6.03 Å². The van der Waals surface area contributed by atoms with Gasteiger partial charge in [0.1, 0.15) is 17.3 Å². The van der Waals surface area contributed by atoms with Gasteiger partial charge < -0.3 is 15.2 Å². The average Bonchev–Trinajstić information content (AvgIpc) is 3.22. The number of amides is 2. The number of anilines is 2. The number of hydrogen-bond acceptors (Lipinski definition) is 5. The van der Waals surface area contributed by atoms with Gasteiger partial charge in [-0.2, -0.15) is 4.98 Å². The minimum atomic E-state index is -0.868. The number of hydrogen-bond donors (Lipinski definition) is 2. The van der Waals surface area contributed by atoms with Gasteiger partial charge in [0, 0.05) is 23.6 Å². The summed E-state index contributed by atoms with van der Waals surface area (Å²) in [5, 5.41) is 8.73. The van der Waals surface area contributed by atoms with E-state index >= 15 is 0 Å². The van der Waals surface area contributed by atoms with Crippen LogP contribution in [0, 0.1) is 11.6 Å². The van der Waals surface area contributed by atoms with Gasteiger partial charge in [0.05, 0.1) is 6.42 Å². The third-order valence-electron chi connectivity index (χ3n) is 4.22. The summed E-state index contributed by atoms with van der Waals surface area (Å²) in [6.45, 7) is 0. The predicted molar refractivity (Wildman–Crippen MR) is 106 cm³/mol. The Bertz CT molecular complexity index is 1160. The number of urea groups is 1. The summed E-state index contributed by atoms with van der Waals surface area (Å²) in [5.74, 6) is -0.969. The molecule has 0 saturated heterocycles. The largest absolute Gasteiger partial charge is 0.339 e. The lowest BCUT2D eigenvalue weighted by Crippen LogP contribution is -2.21. The van der Waals surface area contributed by atoms with E-state index in [0.29, 0.717) is 23.0 Å². The molecule has 2 heterocycles. The lowest BCUT2D eigenvalue weighted by molar-refractivity contribution is 0.262. The van der Waals surface area contributed by atoms with Crippen LogP contribution in [-0.4, -0.2) is 21.2 Å². The lowest BCUT2D eigenvalue weighted by atomic mass is 10.1. The molecule has 2 aromatic carbocycles. The van der Waals surface area contributed by atoms with Crippen molar-refractivity contribution in [3.05, 3.63) is 90.1 Å². The number of benzene rings is 2. The zero-order valence-corrected chi connectivity index (χ0v) is 15.5. The molecule has 0 aliphatic carbocycles. The van der Waals surface area contributed by atoms with E-state index in [1.165, 1.54) is 6.07 Å². The number of nitrogens with zero attached hydrogens (tertiary/aromatic N) is 3. The number of halogens is 2. The van der Waals surface area contributed by atoms with Gasteiger partial charge in [0.15, 0.2) is 0 Å². The van der Waals surface area contributed by atoms with Crippen molar-refractivity contribution in [2.24, 2.45) is 0 Å². The van der Waals surface area contributed by atoms with E-state index in [2.05, 4.69) is 25.8 Å². The zero-order valence-electron chi connectivity index (χ0n) is 15.5. The molecule has 4 aromatic rings. The van der Waals surface area contributed by atoms with Crippen molar-refractivity contribution < 1.29 is 18.1 Å². The molecule has 30 heavy (non-hydrogen) atoms. The van der Waals surface area contributed by atoms with E-state index in [1.54, 1.807) is 48.8 Å². The summed E-state index contributed by atoms with van der Waals surface area (Å²) < 4.78 is 32.8. The molecule has 0 radical (unpaired) electrons. The zero-order chi connectivity index (χ0) is 20.9. The third-order valence-corrected chi connectivity index (χ3v) is 4.22. The summed E-state index contributed by atoms with van der Waals surface area (Å²) in [4.78, 5) is 20.6. The number of rotatable bonds is 5. The first-order chi connectivity index (χ1) is 14.6. The van der Waals surface area contributed by atoms with Crippen molar-refractivity contribution >= 4 is 17.4 Å². The SMILES string of the molecule is O=C(Nc1ccccc1Cc1nc(-c2ccncc2)no1)Nc1c(F)cccc1F. The van der Waals surface area contributed by atoms with Crippen molar-refractivity contribution in [2.75, 3.05) is 10.6 Å². The van der Waals surface area contributed by atoms with E-state index < -0.39 is 23.4 Å². The summed E-state index contributed by atoms with van der Waals surface area (Å²) >= 11 is 0. The second-order valence-electron chi connectivity index (χ2n) is 6.26. The fourth-order valence-electron chi connectivity index (χ4n) is 2.79. The molecule has 0 aliphatic rings. The van der Waals surface area contributed by atoms with Gasteiger partial charge in [-0.05, 0) is 35.9 Å². The van der Waals surface area contributed by atoms with Gasteiger partial charge in [-0.25, -0.2) is 13.6 Å². The number of aromatic nitrogens is 3. The topological polar surface area (TPSA) is 92.9 Å². The quantitative estimate of drug-likeness (QED) is 0.503. The molecule has 9 heteroatoms. The molecular weight excluding hydrogens is 392 g/mol. The van der Waals surface area contributed by atoms with E-state index in [9.17, 15) is 13.6 Å². The Morgan fingerprint density at radius 2 is 1.67 bits per heavy atom. The molecule has 0 atom stereocenters. The summed E-state index contributed by atoms with van der Waals surface area (Å²) in [6.07, 6.45) is 3.51. The van der Waals surface area contributed by atoms with Gasteiger partial charge in [0.2, 0.25) is 11.7 Å². The first-order valence-corrected chi connectivity index (χ1v) is 8.93. The van der Waals surface area contributed by atoms with Crippen LogP contribution in [0.4, 0.5) is 25.0 Å². The highest BCUT2D eigenvalue weighted by Crippen LogP contribution is 2.22. The Hall–Kier alpha value is -4.14. The first kappa shape index (κ1) is 19.2. The molecule has 0 aliphatic heterocycles. The third kappa shape index (κ3) is 4.30. The molecule has 0 spiro atoms. The predicted octanol–water partition coefficient (Wildman–Crippen LogP) is 4.64. The lowest BCUT2D eigenvalue weighted by Gasteiger charge is -2.12. The highest BCUT2D eigenvalue weighted by atomic mass is 19.1. The van der Waals surface area contributed by atoms with Gasteiger partial charge in [-0.3, -0.25) is 4.98 Å². The standard InChI is InChI=1S/C21H15F2N5O2/c22-15-5-3-6-16(23)19(15)27-21(29)25-17-7-2-1-4-14(17)12-18-26-20(28-30-18)13-8-10-24-11-9-13/h1-11H,12H2,(H2,25,27,29). The Kier molecular flexibility index (Phi) is 5.42. The first-order valence-electron chi connectivity index (χ1n) is 8.93. The summed E-state index contributed by atoms with van der Waals surface area (Å²) in [5.41, 5.74) is 1.37. The number of para-hydroxylation sites is 2. The van der Waals surface area contributed by atoms with Crippen molar-refractivity contribution in [2.45, 2.75) is 6.42 Å². The maximum atomic E-state index is 13.7. The highest BCUT2D eigenvalue weighted by molar-refractivity contribution is 6.00. The molecule has 0 fully saturated rings. The summed E-state index contributed by atoms with van der Waals surface area (Å²) in [7, 11) is 0. The minimum Gasteiger partial charge on any atom is -0.339 e. The minimum absolute atomic E-state index is 0.253. The van der Waals surface area contributed by atoms with Crippen molar-refractivity contribution in [1.29, 1.82) is 0 Å². The smallest absolute Gasteiger partial charge is 0.323 e. The van der Waals surface area contributed by atoms with Crippen molar-refractivity contribution in [1.82, 2.24) is 15.1 Å². The van der Waals surface area contributed by atoms with Crippen LogP contribution in [0.3, 0.4) is 0 Å². The maximum Gasteiger partial charge on any atom is 0.323 e. The van der Waals surface area contributed by atoms with Crippen LogP contribution in [0.2, 0.25) is 0 Å². The molecule has 0 unspecified atom stereocenters. The monoisotopic (exact) mass is 407 g/mol. The van der Waals surface area contributed by atoms with E-state index in [-0.39, 0.29) is 6.42 Å². The van der Waals surface area contributed by atoms with Crippen molar-refractivity contribution in [3.63, 3.8) is 0 Å². The van der Waals surface area contributed by atoms with E-state index in [1.807, 2.05) is 0 Å². The molecule has 4 rings (SSSR count). The average molecular weight is 407 g/mol. The molecule has 2 amide bonds. The van der Waals surface area contributed by atoms with Crippen LogP contribution in [0.5, 0.6) is 0 Å². The van der Waals surface area contributed by atoms with Crippen molar-refractivity contribution in [3.8, 4) is 11.4 Å². The second-order valence-corrected chi connectivity index (χ2v) is 6.26. The molecular formula is C21H15F2N5O2. The summed E-state index contributed by atoms with van der Waals surface area (Å²) in [6, 6.07) is 13.0. The number of carbonyl (C=O) groups excluding carboxylic acids is 1. The molecule has 150 valence electrons. The number of carbonyl (C=O) groups is 1. The molecule has 7 nitrogen and oxygen atoms in total. The Morgan fingerprint density at radius 1 is 0.933 bits per heavy atom. The second kappa shape index (κ2) is 8.48. The normalized spacial score (nSPS) is 10.6. The fraction of sp³-hybridized carbons (Fsp3) is 0.0476. The van der Waals surface area contributed by atoms with Crippen LogP contribution in [0.1, 0.15) is 11.5 Å². The molecule has 0 saturated carbocycles. The molecule has 2 aromatic heterocycles. The van der Waals surface area contributed by atoms with Gasteiger partial charge in [0.25, 0.3) is 0 Å². The van der Waals surface area contributed by atoms with Crippen LogP contribution < -0.4 is 10.6 Å². The van der Waals surface area contributed by atoms with Crippen LogP contribution in [0.25, 0.3) is 11.4 Å². The fourth-order valence-corrected chi connectivity index (χ4v) is 2.79. The highest BCUT2D eigenvalue weighted by Gasteiger charge is 2.15. The van der Waals surface area contributed by atoms with Crippen LogP contribution in [0.15, 0.2) is 71.5 Å².